The second-order valence-electron chi connectivity index (χ2n) is 5.73. The van der Waals surface area contributed by atoms with Crippen molar-refractivity contribution in [3.05, 3.63) is 29.6 Å². The minimum absolute atomic E-state index is 0.145. The molecule has 0 atom stereocenters. The maximum atomic E-state index is 13.7. The van der Waals surface area contributed by atoms with Crippen LogP contribution in [0.3, 0.4) is 0 Å². The van der Waals surface area contributed by atoms with Crippen molar-refractivity contribution in [1.82, 2.24) is 9.62 Å². The third kappa shape index (κ3) is 3.93. The van der Waals surface area contributed by atoms with Crippen LogP contribution in [0.4, 0.5) is 4.39 Å². The number of ether oxygens (including phenoxy) is 1. The van der Waals surface area contributed by atoms with E-state index < -0.39 is 21.8 Å². The fourth-order valence-corrected chi connectivity index (χ4v) is 4.90. The smallest absolute Gasteiger partial charge is 0.339 e. The van der Waals surface area contributed by atoms with Gasteiger partial charge in [0.15, 0.2) is 0 Å². The van der Waals surface area contributed by atoms with Gasteiger partial charge in [-0.25, -0.2) is 17.6 Å². The molecule has 1 aromatic rings. The van der Waals surface area contributed by atoms with Gasteiger partial charge < -0.3 is 10.1 Å². The van der Waals surface area contributed by atoms with Gasteiger partial charge in [-0.15, -0.1) is 0 Å². The van der Waals surface area contributed by atoms with Gasteiger partial charge in [0.2, 0.25) is 10.0 Å². The molecule has 1 aromatic carbocycles. The number of sulfonamides is 1. The summed E-state index contributed by atoms with van der Waals surface area (Å²) in [6.45, 7) is 3.67. The van der Waals surface area contributed by atoms with Crippen molar-refractivity contribution in [3.63, 3.8) is 0 Å². The van der Waals surface area contributed by atoms with E-state index in [0.29, 0.717) is 25.8 Å². The van der Waals surface area contributed by atoms with Crippen molar-refractivity contribution >= 4 is 16.0 Å². The summed E-state index contributed by atoms with van der Waals surface area (Å²) in [6, 6.07) is 2.94. The maximum absolute atomic E-state index is 13.7. The van der Waals surface area contributed by atoms with E-state index in [4.69, 9.17) is 0 Å². The number of nitrogens with zero attached hydrogens (tertiary/aromatic N) is 1. The SMILES string of the molecule is CCCN(C1CCNCC1)S(=O)(=O)c1cc(F)ccc1C(=O)OC. The number of nitrogens with one attached hydrogen (secondary N) is 1. The molecule has 0 spiro atoms. The molecule has 1 fully saturated rings. The number of carbonyl (C=O) groups excluding carboxylic acids is 1. The minimum Gasteiger partial charge on any atom is -0.465 e. The highest BCUT2D eigenvalue weighted by molar-refractivity contribution is 7.89. The molecule has 1 saturated heterocycles. The molecule has 0 amide bonds. The molecule has 24 heavy (non-hydrogen) atoms. The highest BCUT2D eigenvalue weighted by atomic mass is 32.2. The summed E-state index contributed by atoms with van der Waals surface area (Å²) < 4.78 is 46.0. The first-order chi connectivity index (χ1) is 11.4. The monoisotopic (exact) mass is 358 g/mol. The Bertz CT molecular complexity index is 687. The lowest BCUT2D eigenvalue weighted by molar-refractivity contribution is 0.0596. The van der Waals surface area contributed by atoms with Crippen LogP contribution in [0, 0.1) is 5.82 Å². The molecule has 0 saturated carbocycles. The molecule has 0 radical (unpaired) electrons. The predicted molar refractivity (Wildman–Crippen MR) is 87.8 cm³/mol. The highest BCUT2D eigenvalue weighted by Gasteiger charge is 2.34. The summed E-state index contributed by atoms with van der Waals surface area (Å²) in [5.41, 5.74) is -0.145. The van der Waals surface area contributed by atoms with Crippen molar-refractivity contribution < 1.29 is 22.3 Å². The first-order valence-electron chi connectivity index (χ1n) is 8.02. The third-order valence-corrected chi connectivity index (χ3v) is 6.09. The zero-order valence-corrected chi connectivity index (χ0v) is 14.7. The van der Waals surface area contributed by atoms with Gasteiger partial charge in [-0.2, -0.15) is 4.31 Å². The molecule has 1 N–H and O–H groups in total. The van der Waals surface area contributed by atoms with Crippen molar-refractivity contribution in [1.29, 1.82) is 0 Å². The van der Waals surface area contributed by atoms with Gasteiger partial charge in [-0.1, -0.05) is 6.92 Å². The molecule has 0 aliphatic carbocycles. The maximum Gasteiger partial charge on any atom is 0.339 e. The largest absolute Gasteiger partial charge is 0.465 e. The van der Waals surface area contributed by atoms with Crippen LogP contribution in [-0.4, -0.2) is 51.5 Å². The van der Waals surface area contributed by atoms with Gasteiger partial charge in [-0.05, 0) is 50.6 Å². The Balaban J connectivity index is 2.49. The van der Waals surface area contributed by atoms with E-state index >= 15 is 0 Å². The van der Waals surface area contributed by atoms with Crippen molar-refractivity contribution in [2.75, 3.05) is 26.7 Å². The fourth-order valence-electron chi connectivity index (χ4n) is 2.93. The van der Waals surface area contributed by atoms with Crippen molar-refractivity contribution in [2.45, 2.75) is 37.1 Å². The quantitative estimate of drug-likeness (QED) is 0.785. The van der Waals surface area contributed by atoms with E-state index in [2.05, 4.69) is 10.1 Å². The van der Waals surface area contributed by atoms with Crippen molar-refractivity contribution in [2.24, 2.45) is 0 Å². The van der Waals surface area contributed by atoms with Gasteiger partial charge in [0.05, 0.1) is 17.6 Å². The van der Waals surface area contributed by atoms with E-state index in [9.17, 15) is 17.6 Å². The average Bonchev–Trinajstić information content (AvgIpc) is 2.59. The highest BCUT2D eigenvalue weighted by Crippen LogP contribution is 2.26. The number of methoxy groups -OCH3 is 1. The third-order valence-electron chi connectivity index (χ3n) is 4.10. The molecule has 8 heteroatoms. The van der Waals surface area contributed by atoms with Crippen LogP contribution in [0.1, 0.15) is 36.5 Å². The Hall–Kier alpha value is -1.51. The first kappa shape index (κ1) is 18.8. The number of piperidine rings is 1. The number of benzene rings is 1. The zero-order valence-electron chi connectivity index (χ0n) is 13.9. The number of carbonyl (C=O) groups is 1. The molecule has 134 valence electrons. The van der Waals surface area contributed by atoms with Gasteiger partial charge in [0.1, 0.15) is 5.82 Å². The normalized spacial score (nSPS) is 16.3. The summed E-state index contributed by atoms with van der Waals surface area (Å²) >= 11 is 0. The lowest BCUT2D eigenvalue weighted by Gasteiger charge is -2.33. The van der Waals surface area contributed by atoms with Gasteiger partial charge >= 0.3 is 5.97 Å². The fraction of sp³-hybridized carbons (Fsp3) is 0.562. The minimum atomic E-state index is -4.01. The molecule has 0 aromatic heterocycles. The Labute approximate surface area is 142 Å². The second-order valence-corrected chi connectivity index (χ2v) is 7.59. The Morgan fingerprint density at radius 1 is 1.38 bits per heavy atom. The summed E-state index contributed by atoms with van der Waals surface area (Å²) in [4.78, 5) is 11.6. The lowest BCUT2D eigenvalue weighted by atomic mass is 10.1. The van der Waals surface area contributed by atoms with Crippen molar-refractivity contribution in [3.8, 4) is 0 Å². The molecular formula is C16H23FN2O4S. The van der Waals surface area contributed by atoms with Gasteiger partial charge in [0.25, 0.3) is 0 Å². The molecular weight excluding hydrogens is 335 g/mol. The standard InChI is InChI=1S/C16H23FN2O4S/c1-3-10-19(13-6-8-18-9-7-13)24(21,22)15-11-12(17)4-5-14(15)16(20)23-2/h4-5,11,13,18H,3,6-10H2,1-2H3. The molecule has 1 heterocycles. The molecule has 2 rings (SSSR count). The zero-order chi connectivity index (χ0) is 17.7. The number of halogens is 1. The Kier molecular flexibility index (Phi) is 6.31. The van der Waals surface area contributed by atoms with E-state index in [1.165, 1.54) is 11.4 Å². The molecule has 1 aliphatic rings. The molecule has 0 unspecified atom stereocenters. The van der Waals surface area contributed by atoms with E-state index in [-0.39, 0.29) is 16.5 Å². The topological polar surface area (TPSA) is 75.7 Å². The second kappa shape index (κ2) is 8.04. The van der Waals surface area contributed by atoms with Crippen LogP contribution in [0.5, 0.6) is 0 Å². The van der Waals surface area contributed by atoms with Crippen LogP contribution in [0.15, 0.2) is 23.1 Å². The molecule has 6 nitrogen and oxygen atoms in total. The number of esters is 1. The summed E-state index contributed by atoms with van der Waals surface area (Å²) in [5.74, 6) is -1.50. The first-order valence-corrected chi connectivity index (χ1v) is 9.46. The molecule has 1 aliphatic heterocycles. The summed E-state index contributed by atoms with van der Waals surface area (Å²) in [7, 11) is -2.84. The Morgan fingerprint density at radius 3 is 2.62 bits per heavy atom. The van der Waals surface area contributed by atoms with Crippen LogP contribution in [0.25, 0.3) is 0 Å². The number of hydrogen-bond donors (Lipinski definition) is 1. The molecule has 0 bridgehead atoms. The summed E-state index contributed by atoms with van der Waals surface area (Å²) in [6.07, 6.45) is 2.00. The van der Waals surface area contributed by atoms with Gasteiger partial charge in [-0.3, -0.25) is 0 Å². The van der Waals surface area contributed by atoms with E-state index in [1.807, 2.05) is 6.92 Å². The predicted octanol–water partition coefficient (Wildman–Crippen LogP) is 1.76. The van der Waals surface area contributed by atoms with Crippen LogP contribution in [0.2, 0.25) is 0 Å². The Morgan fingerprint density at radius 2 is 2.04 bits per heavy atom. The van der Waals surface area contributed by atoms with Gasteiger partial charge in [0, 0.05) is 12.6 Å². The average molecular weight is 358 g/mol. The lowest BCUT2D eigenvalue weighted by Crippen LogP contribution is -2.46. The van der Waals surface area contributed by atoms with Crippen LogP contribution in [-0.2, 0) is 14.8 Å². The van der Waals surface area contributed by atoms with E-state index in [1.54, 1.807) is 0 Å². The van der Waals surface area contributed by atoms with Crippen LogP contribution < -0.4 is 5.32 Å². The number of hydrogen-bond acceptors (Lipinski definition) is 5. The van der Waals surface area contributed by atoms with Crippen LogP contribution >= 0.6 is 0 Å². The summed E-state index contributed by atoms with van der Waals surface area (Å²) in [5, 5.41) is 3.20. The number of rotatable bonds is 6. The van der Waals surface area contributed by atoms with E-state index in [0.717, 1.165) is 31.3 Å².